The Balaban J connectivity index is 1.97. The molecule has 0 unspecified atom stereocenters. The molecule has 4 heteroatoms. The molecule has 0 aromatic heterocycles. The molecule has 90 valence electrons. The molecule has 0 radical (unpaired) electrons. The van der Waals surface area contributed by atoms with Crippen LogP contribution in [0, 0.1) is 0 Å². The first kappa shape index (κ1) is 12.1. The first-order valence-electron chi connectivity index (χ1n) is 5.56. The Bertz CT molecular complexity index is 425. The summed E-state index contributed by atoms with van der Waals surface area (Å²) in [5.41, 5.74) is 0.930. The van der Waals surface area contributed by atoms with E-state index >= 15 is 0 Å². The summed E-state index contributed by atoms with van der Waals surface area (Å²) in [6.45, 7) is 2.57. The Morgan fingerprint density at radius 2 is 2.12 bits per heavy atom. The van der Waals surface area contributed by atoms with Crippen LogP contribution in [0.3, 0.4) is 0 Å². The zero-order valence-corrected chi connectivity index (χ0v) is 10.2. The van der Waals surface area contributed by atoms with E-state index in [4.69, 9.17) is 16.3 Å². The summed E-state index contributed by atoms with van der Waals surface area (Å²) in [4.78, 5) is 13.6. The van der Waals surface area contributed by atoms with Crippen molar-refractivity contribution in [1.29, 1.82) is 0 Å². The smallest absolute Gasteiger partial charge is 0.246 e. The molecule has 0 saturated carbocycles. The first-order valence-corrected chi connectivity index (χ1v) is 5.94. The summed E-state index contributed by atoms with van der Waals surface area (Å²) in [6.07, 6.45) is 3.36. The molecule has 1 aromatic carbocycles. The van der Waals surface area contributed by atoms with Gasteiger partial charge < -0.3 is 9.64 Å². The number of halogens is 1. The predicted molar refractivity (Wildman–Crippen MR) is 67.9 cm³/mol. The summed E-state index contributed by atoms with van der Waals surface area (Å²) in [5.74, 6) is 0.0216. The van der Waals surface area contributed by atoms with Crippen LogP contribution in [0.25, 0.3) is 6.08 Å². The monoisotopic (exact) mass is 251 g/mol. The van der Waals surface area contributed by atoms with Gasteiger partial charge in [-0.2, -0.15) is 0 Å². The van der Waals surface area contributed by atoms with Crippen molar-refractivity contribution in [3.63, 3.8) is 0 Å². The zero-order valence-electron chi connectivity index (χ0n) is 9.43. The second-order valence-corrected chi connectivity index (χ2v) is 4.26. The molecule has 2 rings (SSSR count). The molecule has 0 spiro atoms. The maximum Gasteiger partial charge on any atom is 0.246 e. The topological polar surface area (TPSA) is 29.5 Å². The number of hydrogen-bond donors (Lipinski definition) is 0. The van der Waals surface area contributed by atoms with Crippen LogP contribution < -0.4 is 0 Å². The second-order valence-electron chi connectivity index (χ2n) is 3.83. The molecule has 3 nitrogen and oxygen atoms in total. The van der Waals surface area contributed by atoms with Gasteiger partial charge in [0, 0.05) is 24.2 Å². The molecule has 0 N–H and O–H groups in total. The van der Waals surface area contributed by atoms with Crippen LogP contribution in [0.2, 0.25) is 5.02 Å². The molecule has 1 aliphatic rings. The molecule has 1 heterocycles. The van der Waals surface area contributed by atoms with Crippen LogP contribution >= 0.6 is 11.6 Å². The summed E-state index contributed by atoms with van der Waals surface area (Å²) >= 11 is 5.86. The van der Waals surface area contributed by atoms with Crippen LogP contribution in [-0.4, -0.2) is 37.1 Å². The van der Waals surface area contributed by atoms with Gasteiger partial charge in [0.25, 0.3) is 0 Å². The summed E-state index contributed by atoms with van der Waals surface area (Å²) in [5, 5.41) is 0.672. The van der Waals surface area contributed by atoms with Crippen molar-refractivity contribution < 1.29 is 9.53 Å². The Morgan fingerprint density at radius 3 is 2.82 bits per heavy atom. The maximum atomic E-state index is 11.8. The normalized spacial score (nSPS) is 16.4. The van der Waals surface area contributed by atoms with E-state index in [1.165, 1.54) is 0 Å². The summed E-state index contributed by atoms with van der Waals surface area (Å²) in [6, 6.07) is 7.41. The molecule has 0 atom stereocenters. The van der Waals surface area contributed by atoms with Gasteiger partial charge in [0.2, 0.25) is 5.91 Å². The van der Waals surface area contributed by atoms with Gasteiger partial charge in [0.15, 0.2) is 0 Å². The van der Waals surface area contributed by atoms with E-state index in [2.05, 4.69) is 0 Å². The van der Waals surface area contributed by atoms with Crippen LogP contribution in [0.1, 0.15) is 5.56 Å². The van der Waals surface area contributed by atoms with Crippen molar-refractivity contribution in [1.82, 2.24) is 4.90 Å². The molecule has 17 heavy (non-hydrogen) atoms. The molecule has 1 aliphatic heterocycles. The van der Waals surface area contributed by atoms with Gasteiger partial charge >= 0.3 is 0 Å². The molecule has 1 amide bonds. The van der Waals surface area contributed by atoms with Crippen LogP contribution in [0.4, 0.5) is 0 Å². The zero-order chi connectivity index (χ0) is 12.1. The minimum absolute atomic E-state index is 0.0216. The van der Waals surface area contributed by atoms with E-state index in [-0.39, 0.29) is 5.91 Å². The molecular formula is C13H14ClNO2. The number of nitrogens with zero attached hydrogens (tertiary/aromatic N) is 1. The van der Waals surface area contributed by atoms with Crippen molar-refractivity contribution >= 4 is 23.6 Å². The number of amides is 1. The van der Waals surface area contributed by atoms with E-state index in [0.29, 0.717) is 31.3 Å². The van der Waals surface area contributed by atoms with Gasteiger partial charge in [0.1, 0.15) is 0 Å². The standard InChI is InChI=1S/C13H14ClNO2/c14-12-3-1-2-11(10-12)4-5-13(16)15-6-8-17-9-7-15/h1-5,10H,6-9H2/b5-4+. The Hall–Kier alpha value is -1.32. The predicted octanol–water partition coefficient (Wildman–Crippen LogP) is 2.21. The number of rotatable bonds is 2. The third-order valence-electron chi connectivity index (χ3n) is 2.59. The highest BCUT2D eigenvalue weighted by atomic mass is 35.5. The molecule has 1 fully saturated rings. The van der Waals surface area contributed by atoms with Crippen molar-refractivity contribution in [2.75, 3.05) is 26.3 Å². The van der Waals surface area contributed by atoms with Gasteiger partial charge in [-0.25, -0.2) is 0 Å². The van der Waals surface area contributed by atoms with Gasteiger partial charge in [0.05, 0.1) is 13.2 Å². The lowest BCUT2D eigenvalue weighted by atomic mass is 10.2. The number of benzene rings is 1. The molecular weight excluding hydrogens is 238 g/mol. The third kappa shape index (κ3) is 3.58. The highest BCUT2D eigenvalue weighted by Crippen LogP contribution is 2.12. The number of carbonyl (C=O) groups is 1. The Morgan fingerprint density at radius 1 is 1.35 bits per heavy atom. The van der Waals surface area contributed by atoms with Crippen LogP contribution in [-0.2, 0) is 9.53 Å². The van der Waals surface area contributed by atoms with Crippen molar-refractivity contribution in [2.45, 2.75) is 0 Å². The quantitative estimate of drug-likeness (QED) is 0.755. The second kappa shape index (κ2) is 5.84. The largest absolute Gasteiger partial charge is 0.378 e. The molecule has 1 saturated heterocycles. The summed E-state index contributed by atoms with van der Waals surface area (Å²) in [7, 11) is 0. The third-order valence-corrected chi connectivity index (χ3v) is 2.82. The van der Waals surface area contributed by atoms with Gasteiger partial charge in [-0.3, -0.25) is 4.79 Å². The van der Waals surface area contributed by atoms with E-state index in [1.54, 1.807) is 17.1 Å². The van der Waals surface area contributed by atoms with Gasteiger partial charge in [-0.15, -0.1) is 0 Å². The maximum absolute atomic E-state index is 11.8. The highest BCUT2D eigenvalue weighted by molar-refractivity contribution is 6.30. The lowest BCUT2D eigenvalue weighted by molar-refractivity contribution is -0.129. The van der Waals surface area contributed by atoms with Crippen LogP contribution in [0.15, 0.2) is 30.3 Å². The SMILES string of the molecule is O=C(/C=C/c1cccc(Cl)c1)N1CCOCC1. The van der Waals surface area contributed by atoms with Crippen molar-refractivity contribution in [2.24, 2.45) is 0 Å². The first-order chi connectivity index (χ1) is 8.25. The highest BCUT2D eigenvalue weighted by Gasteiger charge is 2.13. The number of carbonyl (C=O) groups excluding carboxylic acids is 1. The fourth-order valence-electron chi connectivity index (χ4n) is 1.67. The van der Waals surface area contributed by atoms with Crippen molar-refractivity contribution in [3.05, 3.63) is 40.9 Å². The lowest BCUT2D eigenvalue weighted by Crippen LogP contribution is -2.39. The minimum Gasteiger partial charge on any atom is -0.378 e. The Labute approximate surface area is 106 Å². The fraction of sp³-hybridized carbons (Fsp3) is 0.308. The molecule has 0 bridgehead atoms. The van der Waals surface area contributed by atoms with Crippen LogP contribution in [0.5, 0.6) is 0 Å². The van der Waals surface area contributed by atoms with E-state index in [1.807, 2.05) is 24.3 Å². The minimum atomic E-state index is 0.0216. The molecule has 1 aromatic rings. The van der Waals surface area contributed by atoms with Crippen molar-refractivity contribution in [3.8, 4) is 0 Å². The van der Waals surface area contributed by atoms with E-state index < -0.39 is 0 Å². The van der Waals surface area contributed by atoms with E-state index in [0.717, 1.165) is 5.56 Å². The number of ether oxygens (including phenoxy) is 1. The van der Waals surface area contributed by atoms with Gasteiger partial charge in [-0.05, 0) is 23.8 Å². The average molecular weight is 252 g/mol. The molecule has 0 aliphatic carbocycles. The van der Waals surface area contributed by atoms with E-state index in [9.17, 15) is 4.79 Å². The lowest BCUT2D eigenvalue weighted by Gasteiger charge is -2.25. The number of hydrogen-bond acceptors (Lipinski definition) is 2. The fourth-order valence-corrected chi connectivity index (χ4v) is 1.87. The van der Waals surface area contributed by atoms with Gasteiger partial charge in [-0.1, -0.05) is 23.7 Å². The Kier molecular flexibility index (Phi) is 4.18. The summed E-state index contributed by atoms with van der Waals surface area (Å²) < 4.78 is 5.19. The number of morpholine rings is 1. The average Bonchev–Trinajstić information content (AvgIpc) is 2.37.